The molecule has 3 nitrogen and oxygen atoms in total. The minimum atomic E-state index is -0.227. The van der Waals surface area contributed by atoms with Crippen LogP contribution in [0.3, 0.4) is 0 Å². The molecule has 2 aromatic rings. The molecule has 1 aromatic carbocycles. The number of ether oxygens (including phenoxy) is 1. The van der Waals surface area contributed by atoms with E-state index in [1.54, 1.807) is 12.4 Å². The van der Waals surface area contributed by atoms with Crippen molar-refractivity contribution in [1.82, 2.24) is 4.98 Å². The Hall–Kier alpha value is -1.58. The van der Waals surface area contributed by atoms with Gasteiger partial charge in [0, 0.05) is 11.2 Å². The zero-order chi connectivity index (χ0) is 13.0. The maximum Gasteiger partial charge on any atom is 0.137 e. The molecule has 0 saturated heterocycles. The SMILES string of the molecule is CCOc1cncc(C(N)c2ccc(Cl)cc2)c1. The number of nitrogens with zero attached hydrogens (tertiary/aromatic N) is 1. The third-order valence-electron chi connectivity index (χ3n) is 2.63. The lowest BCUT2D eigenvalue weighted by Gasteiger charge is -2.13. The Morgan fingerprint density at radius 1 is 1.22 bits per heavy atom. The summed E-state index contributed by atoms with van der Waals surface area (Å²) in [5.41, 5.74) is 8.11. The van der Waals surface area contributed by atoms with Crippen molar-refractivity contribution in [3.63, 3.8) is 0 Å². The highest BCUT2D eigenvalue weighted by molar-refractivity contribution is 6.30. The van der Waals surface area contributed by atoms with Gasteiger partial charge in [-0.15, -0.1) is 0 Å². The summed E-state index contributed by atoms with van der Waals surface area (Å²) in [6.07, 6.45) is 3.43. The minimum absolute atomic E-state index is 0.227. The molecule has 2 N–H and O–H groups in total. The first-order chi connectivity index (χ1) is 8.70. The molecule has 0 amide bonds. The Balaban J connectivity index is 2.24. The van der Waals surface area contributed by atoms with Crippen LogP contribution in [-0.2, 0) is 0 Å². The second-order valence-corrected chi connectivity index (χ2v) is 4.35. The number of nitrogens with two attached hydrogens (primary N) is 1. The van der Waals surface area contributed by atoms with E-state index in [1.807, 2.05) is 37.3 Å². The predicted molar refractivity (Wildman–Crippen MR) is 72.9 cm³/mol. The Labute approximate surface area is 112 Å². The lowest BCUT2D eigenvalue weighted by Crippen LogP contribution is -2.12. The highest BCUT2D eigenvalue weighted by Gasteiger charge is 2.10. The first-order valence-corrected chi connectivity index (χ1v) is 6.17. The van der Waals surface area contributed by atoms with Gasteiger partial charge in [-0.3, -0.25) is 4.98 Å². The second-order valence-electron chi connectivity index (χ2n) is 3.92. The van der Waals surface area contributed by atoms with Crippen LogP contribution in [0, 0.1) is 0 Å². The quantitative estimate of drug-likeness (QED) is 0.921. The molecule has 18 heavy (non-hydrogen) atoms. The van der Waals surface area contributed by atoms with Crippen LogP contribution in [0.1, 0.15) is 24.1 Å². The fourth-order valence-electron chi connectivity index (χ4n) is 1.71. The molecule has 1 unspecified atom stereocenters. The lowest BCUT2D eigenvalue weighted by atomic mass is 10.0. The zero-order valence-electron chi connectivity index (χ0n) is 10.1. The van der Waals surface area contributed by atoms with E-state index in [9.17, 15) is 0 Å². The molecule has 1 aromatic heterocycles. The highest BCUT2D eigenvalue weighted by Crippen LogP contribution is 2.23. The van der Waals surface area contributed by atoms with Crippen molar-refractivity contribution in [2.75, 3.05) is 6.61 Å². The summed E-state index contributed by atoms with van der Waals surface area (Å²) in [4.78, 5) is 4.14. The van der Waals surface area contributed by atoms with Gasteiger partial charge in [0.25, 0.3) is 0 Å². The molecule has 1 heterocycles. The number of aromatic nitrogens is 1. The minimum Gasteiger partial charge on any atom is -0.492 e. The van der Waals surface area contributed by atoms with Gasteiger partial charge in [-0.05, 0) is 36.2 Å². The van der Waals surface area contributed by atoms with Crippen LogP contribution in [0.2, 0.25) is 5.02 Å². The molecule has 0 saturated carbocycles. The smallest absolute Gasteiger partial charge is 0.137 e. The molecule has 4 heteroatoms. The van der Waals surface area contributed by atoms with Gasteiger partial charge in [-0.25, -0.2) is 0 Å². The van der Waals surface area contributed by atoms with Crippen molar-refractivity contribution in [3.05, 3.63) is 58.9 Å². The number of halogens is 1. The molecule has 1 atom stereocenters. The molecule has 0 bridgehead atoms. The number of hydrogen-bond acceptors (Lipinski definition) is 3. The van der Waals surface area contributed by atoms with E-state index in [1.165, 1.54) is 0 Å². The van der Waals surface area contributed by atoms with Gasteiger partial charge >= 0.3 is 0 Å². The Kier molecular flexibility index (Phi) is 4.18. The topological polar surface area (TPSA) is 48.1 Å². The molecule has 0 radical (unpaired) electrons. The molecule has 0 aliphatic heterocycles. The molecule has 0 spiro atoms. The van der Waals surface area contributed by atoms with Crippen molar-refractivity contribution in [1.29, 1.82) is 0 Å². The van der Waals surface area contributed by atoms with Gasteiger partial charge in [0.2, 0.25) is 0 Å². The van der Waals surface area contributed by atoms with E-state index in [2.05, 4.69) is 4.98 Å². The van der Waals surface area contributed by atoms with Crippen LogP contribution in [0.25, 0.3) is 0 Å². The summed E-state index contributed by atoms with van der Waals surface area (Å²) in [6, 6.07) is 9.18. The fourth-order valence-corrected chi connectivity index (χ4v) is 1.84. The number of hydrogen-bond donors (Lipinski definition) is 1. The van der Waals surface area contributed by atoms with E-state index in [0.29, 0.717) is 11.6 Å². The number of benzene rings is 1. The zero-order valence-corrected chi connectivity index (χ0v) is 10.9. The summed E-state index contributed by atoms with van der Waals surface area (Å²) in [5.74, 6) is 0.736. The van der Waals surface area contributed by atoms with Crippen molar-refractivity contribution >= 4 is 11.6 Å². The third kappa shape index (κ3) is 3.00. The molecular weight excluding hydrogens is 248 g/mol. The molecule has 0 aliphatic rings. The van der Waals surface area contributed by atoms with E-state index in [0.717, 1.165) is 16.9 Å². The van der Waals surface area contributed by atoms with Crippen LogP contribution in [-0.4, -0.2) is 11.6 Å². The van der Waals surface area contributed by atoms with Gasteiger partial charge in [-0.1, -0.05) is 23.7 Å². The van der Waals surface area contributed by atoms with E-state index in [4.69, 9.17) is 22.1 Å². The maximum absolute atomic E-state index is 6.19. The van der Waals surface area contributed by atoms with Gasteiger partial charge in [0.05, 0.1) is 18.8 Å². The van der Waals surface area contributed by atoms with Crippen LogP contribution in [0.4, 0.5) is 0 Å². The van der Waals surface area contributed by atoms with Crippen LogP contribution in [0.15, 0.2) is 42.7 Å². The molecule has 2 rings (SSSR count). The summed E-state index contributed by atoms with van der Waals surface area (Å²) in [5, 5.41) is 0.701. The maximum atomic E-state index is 6.19. The molecular formula is C14H15ClN2O. The largest absolute Gasteiger partial charge is 0.492 e. The second kappa shape index (κ2) is 5.85. The summed E-state index contributed by atoms with van der Waals surface area (Å²) in [7, 11) is 0. The molecule has 0 aliphatic carbocycles. The van der Waals surface area contributed by atoms with E-state index in [-0.39, 0.29) is 6.04 Å². The van der Waals surface area contributed by atoms with Crippen molar-refractivity contribution < 1.29 is 4.74 Å². The van der Waals surface area contributed by atoms with Gasteiger partial charge < -0.3 is 10.5 Å². The van der Waals surface area contributed by atoms with Gasteiger partial charge in [-0.2, -0.15) is 0 Å². The summed E-state index contributed by atoms with van der Waals surface area (Å²) >= 11 is 5.86. The van der Waals surface area contributed by atoms with Crippen LogP contribution in [0.5, 0.6) is 5.75 Å². The van der Waals surface area contributed by atoms with E-state index >= 15 is 0 Å². The lowest BCUT2D eigenvalue weighted by molar-refractivity contribution is 0.338. The average molecular weight is 263 g/mol. The normalized spacial score (nSPS) is 12.2. The highest BCUT2D eigenvalue weighted by atomic mass is 35.5. The van der Waals surface area contributed by atoms with Gasteiger partial charge in [0.1, 0.15) is 5.75 Å². The predicted octanol–water partition coefficient (Wildman–Crippen LogP) is 3.18. The fraction of sp³-hybridized carbons (Fsp3) is 0.214. The summed E-state index contributed by atoms with van der Waals surface area (Å²) < 4.78 is 5.41. The third-order valence-corrected chi connectivity index (χ3v) is 2.89. The monoisotopic (exact) mass is 262 g/mol. The Bertz CT molecular complexity index is 513. The molecule has 94 valence electrons. The van der Waals surface area contributed by atoms with Gasteiger partial charge in [0.15, 0.2) is 0 Å². The Morgan fingerprint density at radius 2 is 1.94 bits per heavy atom. The van der Waals surface area contributed by atoms with E-state index < -0.39 is 0 Å². The van der Waals surface area contributed by atoms with Crippen molar-refractivity contribution in [2.45, 2.75) is 13.0 Å². The average Bonchev–Trinajstić information content (AvgIpc) is 2.39. The van der Waals surface area contributed by atoms with Crippen molar-refractivity contribution in [2.24, 2.45) is 5.73 Å². The first-order valence-electron chi connectivity index (χ1n) is 5.79. The van der Waals surface area contributed by atoms with Crippen molar-refractivity contribution in [3.8, 4) is 5.75 Å². The summed E-state index contributed by atoms with van der Waals surface area (Å²) in [6.45, 7) is 2.55. The van der Waals surface area contributed by atoms with Crippen LogP contribution >= 0.6 is 11.6 Å². The number of rotatable bonds is 4. The van der Waals surface area contributed by atoms with Crippen LogP contribution < -0.4 is 10.5 Å². The molecule has 0 fully saturated rings. The first kappa shape index (κ1) is 12.9. The standard InChI is InChI=1S/C14H15ClN2O/c1-2-18-13-7-11(8-17-9-13)14(16)10-3-5-12(15)6-4-10/h3-9,14H,2,16H2,1H3. The number of pyridine rings is 1. The Morgan fingerprint density at radius 3 is 2.61 bits per heavy atom.